The molecule has 0 saturated carbocycles. The number of fused-ring (bicyclic) bond motifs is 7. The van der Waals surface area contributed by atoms with Crippen molar-refractivity contribution >= 4 is 53.3 Å². The first kappa shape index (κ1) is 27.6. The van der Waals surface area contributed by atoms with Crippen LogP contribution < -0.4 is 0 Å². The van der Waals surface area contributed by atoms with Crippen LogP contribution in [0.5, 0.6) is 0 Å². The number of para-hydroxylation sites is 1. The van der Waals surface area contributed by atoms with Crippen LogP contribution in [0.15, 0.2) is 133 Å². The van der Waals surface area contributed by atoms with Gasteiger partial charge in [0, 0.05) is 42.9 Å². The summed E-state index contributed by atoms with van der Waals surface area (Å²) in [5.74, 6) is 1.30. The zero-order chi connectivity index (χ0) is 32.2. The number of rotatable bonds is 4. The number of benzene rings is 6. The SMILES string of the molecule is N#Cc1cc(-n2c3ccccc3c3ccc4c5ccccc5sc4c32)c(C#N)cc1-c1nc(-c2ccccc2)nc(-c2ccccc2)n1. The van der Waals surface area contributed by atoms with E-state index in [0.717, 1.165) is 43.0 Å². The van der Waals surface area contributed by atoms with Crippen molar-refractivity contribution < 1.29 is 0 Å². The first-order chi connectivity index (χ1) is 23.7. The van der Waals surface area contributed by atoms with Gasteiger partial charge in [0.2, 0.25) is 0 Å². The molecule has 6 aromatic carbocycles. The second-order valence-electron chi connectivity index (χ2n) is 11.5. The molecule has 3 aromatic heterocycles. The van der Waals surface area contributed by atoms with Crippen LogP contribution >= 0.6 is 11.3 Å². The molecule has 0 spiro atoms. The van der Waals surface area contributed by atoms with Crippen LogP contribution in [-0.4, -0.2) is 19.5 Å². The van der Waals surface area contributed by atoms with Crippen LogP contribution in [0.25, 0.3) is 81.8 Å². The summed E-state index contributed by atoms with van der Waals surface area (Å²) in [4.78, 5) is 14.5. The largest absolute Gasteiger partial charge is 0.306 e. The minimum Gasteiger partial charge on any atom is -0.306 e. The highest BCUT2D eigenvalue weighted by Crippen LogP contribution is 2.43. The predicted octanol–water partition coefficient (Wildman–Crippen LogP) is 10.1. The van der Waals surface area contributed by atoms with Crippen LogP contribution in [0.3, 0.4) is 0 Å². The topological polar surface area (TPSA) is 91.2 Å². The molecule has 0 unspecified atom stereocenters. The van der Waals surface area contributed by atoms with Gasteiger partial charge in [-0.3, -0.25) is 0 Å². The fourth-order valence-corrected chi connectivity index (χ4v) is 7.79. The number of hydrogen-bond donors (Lipinski definition) is 0. The van der Waals surface area contributed by atoms with E-state index >= 15 is 0 Å². The van der Waals surface area contributed by atoms with Crippen molar-refractivity contribution in [3.63, 3.8) is 0 Å². The molecular formula is C41H22N6S. The number of aromatic nitrogens is 4. The van der Waals surface area contributed by atoms with Gasteiger partial charge >= 0.3 is 0 Å². The summed E-state index contributed by atoms with van der Waals surface area (Å²) in [6.45, 7) is 0. The smallest absolute Gasteiger partial charge is 0.165 e. The highest BCUT2D eigenvalue weighted by Gasteiger charge is 2.22. The summed E-state index contributed by atoms with van der Waals surface area (Å²) in [6.07, 6.45) is 0. The van der Waals surface area contributed by atoms with Crippen molar-refractivity contribution in [1.82, 2.24) is 19.5 Å². The average Bonchev–Trinajstić information content (AvgIpc) is 3.71. The standard InChI is InChI=1S/C41H22N6S/c42-23-27-22-35(47-34-17-9-7-15-29(34)31-19-20-32-30-16-8-10-18-36(30)48-38(32)37(31)47)28(24-43)21-33(27)41-45-39(25-11-3-1-4-12-25)44-40(46-41)26-13-5-2-6-14-26/h1-22H. The fourth-order valence-electron chi connectivity index (χ4n) is 6.55. The minimum absolute atomic E-state index is 0.330. The van der Waals surface area contributed by atoms with E-state index in [-0.39, 0.29) is 0 Å². The van der Waals surface area contributed by atoms with Crippen molar-refractivity contribution in [2.24, 2.45) is 0 Å². The zero-order valence-electron chi connectivity index (χ0n) is 25.3. The molecule has 0 radical (unpaired) electrons. The normalized spacial score (nSPS) is 11.3. The van der Waals surface area contributed by atoms with E-state index in [4.69, 9.17) is 15.0 Å². The fraction of sp³-hybridized carbons (Fsp3) is 0. The molecule has 0 fully saturated rings. The Labute approximate surface area is 279 Å². The molecule has 0 saturated heterocycles. The van der Waals surface area contributed by atoms with E-state index in [1.165, 1.54) is 10.1 Å². The molecule has 48 heavy (non-hydrogen) atoms. The maximum Gasteiger partial charge on any atom is 0.165 e. The Morgan fingerprint density at radius 1 is 0.521 bits per heavy atom. The average molecular weight is 631 g/mol. The van der Waals surface area contributed by atoms with E-state index in [1.54, 1.807) is 23.5 Å². The third kappa shape index (κ3) is 4.27. The van der Waals surface area contributed by atoms with Crippen LogP contribution in [-0.2, 0) is 0 Å². The number of nitrogens with zero attached hydrogens (tertiary/aromatic N) is 6. The minimum atomic E-state index is 0.330. The highest BCUT2D eigenvalue weighted by atomic mass is 32.1. The second kappa shape index (κ2) is 11.0. The molecule has 0 aliphatic rings. The van der Waals surface area contributed by atoms with Gasteiger partial charge in [-0.2, -0.15) is 10.5 Å². The number of nitriles is 2. The molecule has 6 nitrogen and oxygen atoms in total. The maximum atomic E-state index is 10.7. The Morgan fingerprint density at radius 2 is 1.10 bits per heavy atom. The lowest BCUT2D eigenvalue weighted by Crippen LogP contribution is -2.04. The molecule has 9 aromatic rings. The first-order valence-corrected chi connectivity index (χ1v) is 16.2. The molecular weight excluding hydrogens is 609 g/mol. The first-order valence-electron chi connectivity index (χ1n) is 15.4. The van der Waals surface area contributed by atoms with E-state index in [0.29, 0.717) is 39.9 Å². The predicted molar refractivity (Wildman–Crippen MR) is 193 cm³/mol. The Morgan fingerprint density at radius 3 is 1.79 bits per heavy atom. The molecule has 7 heteroatoms. The lowest BCUT2D eigenvalue weighted by molar-refractivity contribution is 1.07. The van der Waals surface area contributed by atoms with Gasteiger partial charge in [0.15, 0.2) is 17.5 Å². The molecule has 0 amide bonds. The molecule has 9 rings (SSSR count). The van der Waals surface area contributed by atoms with Crippen molar-refractivity contribution in [2.45, 2.75) is 0 Å². The van der Waals surface area contributed by atoms with Crippen molar-refractivity contribution in [3.05, 3.63) is 145 Å². The Hall–Kier alpha value is -6.67. The molecule has 0 N–H and O–H groups in total. The molecule has 222 valence electrons. The highest BCUT2D eigenvalue weighted by molar-refractivity contribution is 7.26. The van der Waals surface area contributed by atoms with Crippen molar-refractivity contribution in [2.75, 3.05) is 0 Å². The van der Waals surface area contributed by atoms with Crippen molar-refractivity contribution in [1.29, 1.82) is 10.5 Å². The molecule has 0 atom stereocenters. The Balaban J connectivity index is 1.33. The lowest BCUT2D eigenvalue weighted by atomic mass is 10.0. The number of thiophene rings is 1. The van der Waals surface area contributed by atoms with E-state index in [9.17, 15) is 10.5 Å². The van der Waals surface area contributed by atoms with E-state index in [2.05, 4.69) is 65.2 Å². The molecule has 0 aliphatic carbocycles. The van der Waals surface area contributed by atoms with Crippen LogP contribution in [0.4, 0.5) is 0 Å². The van der Waals surface area contributed by atoms with Gasteiger partial charge in [-0.05, 0) is 24.3 Å². The van der Waals surface area contributed by atoms with Gasteiger partial charge in [-0.1, -0.05) is 109 Å². The quantitative estimate of drug-likeness (QED) is 0.193. The summed E-state index contributed by atoms with van der Waals surface area (Å²) in [5, 5.41) is 25.8. The monoisotopic (exact) mass is 630 g/mol. The maximum absolute atomic E-state index is 10.7. The van der Waals surface area contributed by atoms with Gasteiger partial charge in [0.25, 0.3) is 0 Å². The molecule has 0 aliphatic heterocycles. The van der Waals surface area contributed by atoms with Crippen LogP contribution in [0.1, 0.15) is 11.1 Å². The molecule has 3 heterocycles. The van der Waals surface area contributed by atoms with Crippen LogP contribution in [0, 0.1) is 22.7 Å². The van der Waals surface area contributed by atoms with E-state index < -0.39 is 0 Å². The van der Waals surface area contributed by atoms with Gasteiger partial charge in [-0.25, -0.2) is 15.0 Å². The summed E-state index contributed by atoms with van der Waals surface area (Å²) in [6, 6.07) is 48.8. The Bertz CT molecular complexity index is 2740. The van der Waals surface area contributed by atoms with Gasteiger partial charge < -0.3 is 4.57 Å². The Kier molecular flexibility index (Phi) is 6.33. The van der Waals surface area contributed by atoms with Gasteiger partial charge in [-0.15, -0.1) is 11.3 Å². The second-order valence-corrected chi connectivity index (χ2v) is 12.5. The summed E-state index contributed by atoms with van der Waals surface area (Å²) >= 11 is 1.74. The van der Waals surface area contributed by atoms with Gasteiger partial charge in [0.1, 0.15) is 6.07 Å². The summed E-state index contributed by atoms with van der Waals surface area (Å²) in [5.41, 5.74) is 5.51. The van der Waals surface area contributed by atoms with Crippen molar-refractivity contribution in [3.8, 4) is 52.0 Å². The third-order valence-electron chi connectivity index (χ3n) is 8.74. The summed E-state index contributed by atoms with van der Waals surface area (Å²) < 4.78 is 4.47. The molecule has 0 bridgehead atoms. The third-order valence-corrected chi connectivity index (χ3v) is 9.93. The summed E-state index contributed by atoms with van der Waals surface area (Å²) in [7, 11) is 0. The van der Waals surface area contributed by atoms with Crippen LogP contribution in [0.2, 0.25) is 0 Å². The zero-order valence-corrected chi connectivity index (χ0v) is 26.1. The van der Waals surface area contributed by atoms with E-state index in [1.807, 2.05) is 72.8 Å². The number of hydrogen-bond acceptors (Lipinski definition) is 6. The van der Waals surface area contributed by atoms with Gasteiger partial charge in [0.05, 0.1) is 38.6 Å². The lowest BCUT2D eigenvalue weighted by Gasteiger charge is -2.14.